The predicted molar refractivity (Wildman–Crippen MR) is 105 cm³/mol. The number of hydrogen-bond donors (Lipinski definition) is 2. The number of fused-ring (bicyclic) bond motifs is 1. The number of esters is 2. The van der Waals surface area contributed by atoms with Crippen molar-refractivity contribution in [2.45, 2.75) is 19.4 Å². The maximum atomic E-state index is 12.5. The van der Waals surface area contributed by atoms with Crippen LogP contribution in [-0.4, -0.2) is 44.0 Å². The highest BCUT2D eigenvalue weighted by atomic mass is 16.5. The Hall–Kier alpha value is -3.42. The number of ether oxygens (including phenoxy) is 2. The first kappa shape index (κ1) is 21.9. The molecule has 154 valence electrons. The van der Waals surface area contributed by atoms with Gasteiger partial charge in [-0.25, -0.2) is 0 Å². The summed E-state index contributed by atoms with van der Waals surface area (Å²) >= 11 is 0. The van der Waals surface area contributed by atoms with Crippen LogP contribution in [0.25, 0.3) is 10.8 Å². The van der Waals surface area contributed by atoms with E-state index >= 15 is 0 Å². The number of benzene rings is 2. The van der Waals surface area contributed by atoms with E-state index in [0.29, 0.717) is 0 Å². The Balaban J connectivity index is 2.17. The maximum Gasteiger partial charge on any atom is 0.320 e. The summed E-state index contributed by atoms with van der Waals surface area (Å²) in [6.45, 7) is 1.45. The monoisotopic (exact) mass is 400 g/mol. The Morgan fingerprint density at radius 1 is 0.966 bits per heavy atom. The minimum absolute atomic E-state index is 0.00243. The van der Waals surface area contributed by atoms with Crippen LogP contribution in [0, 0.1) is 11.8 Å². The van der Waals surface area contributed by atoms with E-state index in [-0.39, 0.29) is 6.42 Å². The molecule has 2 aromatic carbocycles. The molecule has 0 spiro atoms. The van der Waals surface area contributed by atoms with Crippen LogP contribution in [0.5, 0.6) is 0 Å². The first-order chi connectivity index (χ1) is 13.8. The number of nitrogens with two attached hydrogens (primary N) is 1. The molecule has 0 saturated heterocycles. The lowest BCUT2D eigenvalue weighted by atomic mass is 9.86. The van der Waals surface area contributed by atoms with Gasteiger partial charge in [-0.3, -0.25) is 19.2 Å². The number of hydrogen-bond acceptors (Lipinski definition) is 6. The summed E-state index contributed by atoms with van der Waals surface area (Å²) in [5.74, 6) is -5.46. The first-order valence-corrected chi connectivity index (χ1v) is 9.00. The van der Waals surface area contributed by atoms with Crippen molar-refractivity contribution in [1.82, 2.24) is 5.32 Å². The quantitative estimate of drug-likeness (QED) is 0.502. The SMILES string of the molecule is COC(=O)C(C(=O)OC)[C@@H](C)[C@H](NC(=O)Cc1ccc2ccccc2c1)C(N)=O. The van der Waals surface area contributed by atoms with Crippen LogP contribution >= 0.6 is 0 Å². The molecule has 0 heterocycles. The van der Waals surface area contributed by atoms with Crippen molar-refractivity contribution in [2.75, 3.05) is 14.2 Å². The highest BCUT2D eigenvalue weighted by Crippen LogP contribution is 2.20. The molecule has 0 bridgehead atoms. The molecule has 29 heavy (non-hydrogen) atoms. The fourth-order valence-corrected chi connectivity index (χ4v) is 3.19. The van der Waals surface area contributed by atoms with Crippen molar-refractivity contribution >= 4 is 34.5 Å². The Kier molecular flexibility index (Phi) is 7.30. The largest absolute Gasteiger partial charge is 0.468 e. The van der Waals surface area contributed by atoms with Crippen LogP contribution in [0.2, 0.25) is 0 Å². The molecule has 0 aromatic heterocycles. The molecule has 0 saturated carbocycles. The maximum absolute atomic E-state index is 12.5. The molecule has 0 unspecified atom stereocenters. The van der Waals surface area contributed by atoms with Crippen molar-refractivity contribution in [3.63, 3.8) is 0 Å². The zero-order chi connectivity index (χ0) is 21.6. The molecule has 8 heteroatoms. The van der Waals surface area contributed by atoms with Crippen LogP contribution in [0.4, 0.5) is 0 Å². The van der Waals surface area contributed by atoms with E-state index in [1.165, 1.54) is 6.92 Å². The molecule has 2 amide bonds. The fraction of sp³-hybridized carbons (Fsp3) is 0.333. The smallest absolute Gasteiger partial charge is 0.320 e. The molecule has 0 aliphatic carbocycles. The minimum atomic E-state index is -1.40. The normalized spacial score (nSPS) is 12.8. The van der Waals surface area contributed by atoms with Gasteiger partial charge in [0.1, 0.15) is 6.04 Å². The van der Waals surface area contributed by atoms with Crippen molar-refractivity contribution < 1.29 is 28.7 Å². The molecule has 2 atom stereocenters. The third-order valence-electron chi connectivity index (χ3n) is 4.76. The predicted octanol–water partition coefficient (Wildman–Crippen LogP) is 0.951. The van der Waals surface area contributed by atoms with E-state index in [4.69, 9.17) is 5.73 Å². The van der Waals surface area contributed by atoms with Gasteiger partial charge in [0.25, 0.3) is 0 Å². The van der Waals surface area contributed by atoms with Crippen LogP contribution in [0.3, 0.4) is 0 Å². The lowest BCUT2D eigenvalue weighted by molar-refractivity contribution is -0.162. The van der Waals surface area contributed by atoms with E-state index in [0.717, 1.165) is 30.6 Å². The Morgan fingerprint density at radius 2 is 1.55 bits per heavy atom. The number of methoxy groups -OCH3 is 2. The Bertz CT molecular complexity index is 910. The number of carbonyl (C=O) groups is 4. The van der Waals surface area contributed by atoms with Gasteiger partial charge in [0, 0.05) is 5.92 Å². The molecule has 2 aromatic rings. The summed E-state index contributed by atoms with van der Waals surface area (Å²) in [5.41, 5.74) is 6.16. The second kappa shape index (κ2) is 9.68. The van der Waals surface area contributed by atoms with Crippen LogP contribution in [-0.2, 0) is 35.1 Å². The number of amides is 2. The Morgan fingerprint density at radius 3 is 2.10 bits per heavy atom. The Labute approximate surface area is 168 Å². The van der Waals surface area contributed by atoms with Crippen molar-refractivity contribution in [2.24, 2.45) is 17.6 Å². The van der Waals surface area contributed by atoms with Gasteiger partial charge in [-0.15, -0.1) is 0 Å². The van der Waals surface area contributed by atoms with Crippen molar-refractivity contribution in [3.8, 4) is 0 Å². The van der Waals surface area contributed by atoms with Gasteiger partial charge in [0.05, 0.1) is 20.6 Å². The van der Waals surface area contributed by atoms with Gasteiger partial charge in [-0.2, -0.15) is 0 Å². The number of carbonyl (C=O) groups excluding carboxylic acids is 4. The average molecular weight is 400 g/mol. The van der Waals surface area contributed by atoms with E-state index in [1.807, 2.05) is 42.5 Å². The van der Waals surface area contributed by atoms with Crippen molar-refractivity contribution in [3.05, 3.63) is 48.0 Å². The first-order valence-electron chi connectivity index (χ1n) is 9.00. The summed E-state index contributed by atoms with van der Waals surface area (Å²) in [4.78, 5) is 48.4. The summed E-state index contributed by atoms with van der Waals surface area (Å²) in [5, 5.41) is 4.54. The minimum Gasteiger partial charge on any atom is -0.468 e. The lowest BCUT2D eigenvalue weighted by Gasteiger charge is -2.26. The molecular formula is C21H24N2O6. The molecular weight excluding hydrogens is 376 g/mol. The molecule has 3 N–H and O–H groups in total. The molecule has 0 aliphatic rings. The zero-order valence-electron chi connectivity index (χ0n) is 16.5. The molecule has 0 aliphatic heterocycles. The molecule has 2 rings (SSSR count). The number of rotatable bonds is 8. The summed E-state index contributed by atoms with van der Waals surface area (Å²) in [6, 6.07) is 12.1. The lowest BCUT2D eigenvalue weighted by Crippen LogP contribution is -2.53. The van der Waals surface area contributed by atoms with E-state index in [9.17, 15) is 19.2 Å². The van der Waals surface area contributed by atoms with Crippen molar-refractivity contribution in [1.29, 1.82) is 0 Å². The molecule has 8 nitrogen and oxygen atoms in total. The summed E-state index contributed by atoms with van der Waals surface area (Å²) < 4.78 is 9.25. The zero-order valence-corrected chi connectivity index (χ0v) is 16.5. The summed E-state index contributed by atoms with van der Waals surface area (Å²) in [6.07, 6.45) is 0.00243. The highest BCUT2D eigenvalue weighted by molar-refractivity contribution is 5.97. The second-order valence-corrected chi connectivity index (χ2v) is 6.69. The van der Waals surface area contributed by atoms with E-state index < -0.39 is 41.6 Å². The third-order valence-corrected chi connectivity index (χ3v) is 4.76. The molecule has 0 fully saturated rings. The topological polar surface area (TPSA) is 125 Å². The van der Waals surface area contributed by atoms with Crippen LogP contribution in [0.15, 0.2) is 42.5 Å². The summed E-state index contributed by atoms with van der Waals surface area (Å²) in [7, 11) is 2.23. The van der Waals surface area contributed by atoms with Gasteiger partial charge >= 0.3 is 11.9 Å². The van der Waals surface area contributed by atoms with E-state index in [1.54, 1.807) is 0 Å². The van der Waals surface area contributed by atoms with E-state index in [2.05, 4.69) is 14.8 Å². The van der Waals surface area contributed by atoms with Crippen LogP contribution in [0.1, 0.15) is 12.5 Å². The highest BCUT2D eigenvalue weighted by Gasteiger charge is 2.41. The van der Waals surface area contributed by atoms with Gasteiger partial charge in [-0.05, 0) is 16.3 Å². The fourth-order valence-electron chi connectivity index (χ4n) is 3.19. The average Bonchev–Trinajstić information content (AvgIpc) is 2.71. The van der Waals surface area contributed by atoms with Gasteiger partial charge in [-0.1, -0.05) is 49.4 Å². The third kappa shape index (κ3) is 5.31. The second-order valence-electron chi connectivity index (χ2n) is 6.69. The van der Waals surface area contributed by atoms with Gasteiger partial charge in [0.15, 0.2) is 5.92 Å². The van der Waals surface area contributed by atoms with Gasteiger partial charge < -0.3 is 20.5 Å². The van der Waals surface area contributed by atoms with Crippen LogP contribution < -0.4 is 11.1 Å². The number of primary amides is 1. The molecule has 0 radical (unpaired) electrons. The van der Waals surface area contributed by atoms with Gasteiger partial charge in [0.2, 0.25) is 11.8 Å². The number of nitrogens with one attached hydrogen (secondary N) is 1. The standard InChI is InChI=1S/C21H24N2O6/c1-12(17(20(26)28-2)21(27)29-3)18(19(22)25)23-16(24)11-13-8-9-14-6-4-5-7-15(14)10-13/h4-10,12,17-18H,11H2,1-3H3,(H2,22,25)(H,23,24)/t12-,18+/m1/s1.